The van der Waals surface area contributed by atoms with Crippen molar-refractivity contribution in [1.29, 1.82) is 0 Å². The van der Waals surface area contributed by atoms with Gasteiger partial charge in [-0.25, -0.2) is 9.18 Å². The van der Waals surface area contributed by atoms with Crippen LogP contribution < -0.4 is 14.2 Å². The zero-order valence-electron chi connectivity index (χ0n) is 11.2. The first-order valence-electron chi connectivity index (χ1n) is 5.96. The molecule has 0 fully saturated rings. The Hall–Kier alpha value is -2.77. The van der Waals surface area contributed by atoms with Crippen molar-refractivity contribution in [2.24, 2.45) is 7.05 Å². The van der Waals surface area contributed by atoms with Gasteiger partial charge in [0.15, 0.2) is 28.8 Å². The summed E-state index contributed by atoms with van der Waals surface area (Å²) in [5, 5.41) is 12.9. The van der Waals surface area contributed by atoms with Crippen LogP contribution in [0.5, 0.6) is 17.2 Å². The molecule has 2 heterocycles. The molecule has 1 aromatic carbocycles. The van der Waals surface area contributed by atoms with Crippen molar-refractivity contribution in [1.82, 2.24) is 9.78 Å². The lowest BCUT2D eigenvalue weighted by Crippen LogP contribution is -2.01. The number of fused-ring (bicyclic) bond motifs is 1. The molecule has 2 aromatic rings. The van der Waals surface area contributed by atoms with Crippen LogP contribution in [0.1, 0.15) is 10.5 Å². The first-order valence-corrected chi connectivity index (χ1v) is 5.96. The fraction of sp³-hybridized carbons (Fsp3) is 0.231. The summed E-state index contributed by atoms with van der Waals surface area (Å²) in [7, 11) is 2.87. The Bertz CT molecular complexity index is 737. The molecule has 110 valence electrons. The van der Waals surface area contributed by atoms with Crippen LogP contribution in [0.25, 0.3) is 11.3 Å². The predicted molar refractivity (Wildman–Crippen MR) is 68.2 cm³/mol. The van der Waals surface area contributed by atoms with Gasteiger partial charge in [-0.2, -0.15) is 5.10 Å². The molecule has 1 N–H and O–H groups in total. The van der Waals surface area contributed by atoms with Gasteiger partial charge >= 0.3 is 5.97 Å². The van der Waals surface area contributed by atoms with Crippen molar-refractivity contribution in [3.63, 3.8) is 0 Å². The van der Waals surface area contributed by atoms with Crippen LogP contribution in [0.2, 0.25) is 0 Å². The van der Waals surface area contributed by atoms with E-state index in [2.05, 4.69) is 5.10 Å². The van der Waals surface area contributed by atoms with Crippen LogP contribution in [0.15, 0.2) is 12.1 Å². The van der Waals surface area contributed by atoms with E-state index in [4.69, 9.17) is 19.3 Å². The second kappa shape index (κ2) is 4.65. The van der Waals surface area contributed by atoms with E-state index in [0.29, 0.717) is 11.4 Å². The number of hydrogen-bond acceptors (Lipinski definition) is 5. The summed E-state index contributed by atoms with van der Waals surface area (Å²) in [4.78, 5) is 11.0. The Balaban J connectivity index is 2.29. The molecule has 7 nitrogen and oxygen atoms in total. The number of aromatic nitrogens is 2. The second-order valence-electron chi connectivity index (χ2n) is 4.34. The van der Waals surface area contributed by atoms with Crippen molar-refractivity contribution in [2.75, 3.05) is 13.9 Å². The molecular weight excluding hydrogens is 283 g/mol. The van der Waals surface area contributed by atoms with E-state index in [1.165, 1.54) is 23.9 Å². The molecule has 0 unspecified atom stereocenters. The topological polar surface area (TPSA) is 82.8 Å². The third kappa shape index (κ3) is 1.95. The zero-order chi connectivity index (χ0) is 15.1. The molecule has 0 spiro atoms. The Labute approximate surface area is 118 Å². The third-order valence-corrected chi connectivity index (χ3v) is 3.13. The Morgan fingerprint density at radius 1 is 1.48 bits per heavy atom. The minimum Gasteiger partial charge on any atom is -0.493 e. The molecule has 8 heteroatoms. The molecular formula is C13H11FN2O5. The highest BCUT2D eigenvalue weighted by Crippen LogP contribution is 2.48. The summed E-state index contributed by atoms with van der Waals surface area (Å²) in [6.07, 6.45) is 0. The molecule has 0 amide bonds. The standard InChI is InChI=1S/C13H11FN2O5/c1-16-8(4-7(15-16)13(17)18)10-11(19-2)6(14)3-9-12(10)21-5-20-9/h3-4H,5H2,1-2H3,(H,17,18). The third-order valence-electron chi connectivity index (χ3n) is 3.13. The van der Waals surface area contributed by atoms with Gasteiger partial charge in [0.1, 0.15) is 0 Å². The van der Waals surface area contributed by atoms with Crippen molar-refractivity contribution in [2.45, 2.75) is 0 Å². The van der Waals surface area contributed by atoms with E-state index in [1.54, 1.807) is 7.05 Å². The molecule has 0 saturated carbocycles. The lowest BCUT2D eigenvalue weighted by molar-refractivity contribution is 0.0689. The van der Waals surface area contributed by atoms with Gasteiger partial charge < -0.3 is 19.3 Å². The largest absolute Gasteiger partial charge is 0.493 e. The van der Waals surface area contributed by atoms with Crippen molar-refractivity contribution >= 4 is 5.97 Å². The SMILES string of the molecule is COc1c(F)cc2c(c1-c1cc(C(=O)O)nn1C)OCO2. The molecule has 0 radical (unpaired) electrons. The highest BCUT2D eigenvalue weighted by molar-refractivity contribution is 5.88. The average Bonchev–Trinajstić information content (AvgIpc) is 3.03. The van der Waals surface area contributed by atoms with Crippen LogP contribution >= 0.6 is 0 Å². The molecule has 0 saturated heterocycles. The number of nitrogens with zero attached hydrogens (tertiary/aromatic N) is 2. The Morgan fingerprint density at radius 2 is 2.24 bits per heavy atom. The molecule has 0 atom stereocenters. The van der Waals surface area contributed by atoms with Crippen molar-refractivity contribution in [3.8, 4) is 28.5 Å². The maximum absolute atomic E-state index is 14.1. The molecule has 21 heavy (non-hydrogen) atoms. The number of benzene rings is 1. The van der Waals surface area contributed by atoms with Crippen LogP contribution in [-0.2, 0) is 7.05 Å². The van der Waals surface area contributed by atoms with E-state index in [1.807, 2.05) is 0 Å². The number of halogens is 1. The van der Waals surface area contributed by atoms with Gasteiger partial charge in [-0.1, -0.05) is 0 Å². The highest BCUT2D eigenvalue weighted by atomic mass is 19.1. The van der Waals surface area contributed by atoms with Gasteiger partial charge in [0.25, 0.3) is 0 Å². The highest BCUT2D eigenvalue weighted by Gasteiger charge is 2.29. The van der Waals surface area contributed by atoms with E-state index in [0.717, 1.165) is 0 Å². The van der Waals surface area contributed by atoms with E-state index < -0.39 is 11.8 Å². The lowest BCUT2D eigenvalue weighted by atomic mass is 10.1. The van der Waals surface area contributed by atoms with Crippen LogP contribution in [0.4, 0.5) is 4.39 Å². The van der Waals surface area contributed by atoms with Gasteiger partial charge in [-0.05, 0) is 6.07 Å². The number of carboxylic acids is 1. The molecule has 0 aliphatic carbocycles. The summed E-state index contributed by atoms with van der Waals surface area (Å²) in [5.41, 5.74) is 0.462. The number of aryl methyl sites for hydroxylation is 1. The number of aromatic carboxylic acids is 1. The summed E-state index contributed by atoms with van der Waals surface area (Å²) in [6.45, 7) is -0.0431. The minimum atomic E-state index is -1.18. The van der Waals surface area contributed by atoms with Gasteiger partial charge in [-0.15, -0.1) is 0 Å². The summed E-state index contributed by atoms with van der Waals surface area (Å²) in [6, 6.07) is 2.49. The molecule has 1 aliphatic heterocycles. The average molecular weight is 294 g/mol. The number of carbonyl (C=O) groups is 1. The number of carboxylic acid groups (broad SMARTS) is 1. The van der Waals surface area contributed by atoms with Gasteiger partial charge in [-0.3, -0.25) is 4.68 Å². The van der Waals surface area contributed by atoms with Crippen LogP contribution in [0, 0.1) is 5.82 Å². The molecule has 3 rings (SSSR count). The summed E-state index contributed by atoms with van der Waals surface area (Å²) in [5.74, 6) is -1.33. The number of rotatable bonds is 3. The molecule has 0 bridgehead atoms. The number of ether oxygens (including phenoxy) is 3. The predicted octanol–water partition coefficient (Wildman–Crippen LogP) is 1.66. The number of hydrogen-bond donors (Lipinski definition) is 1. The Morgan fingerprint density at radius 3 is 2.86 bits per heavy atom. The van der Waals surface area contributed by atoms with Crippen LogP contribution in [-0.4, -0.2) is 34.8 Å². The molecule has 1 aliphatic rings. The fourth-order valence-electron chi connectivity index (χ4n) is 2.23. The molecule has 1 aromatic heterocycles. The zero-order valence-corrected chi connectivity index (χ0v) is 11.2. The first-order chi connectivity index (χ1) is 10.0. The fourth-order valence-corrected chi connectivity index (χ4v) is 2.23. The normalized spacial score (nSPS) is 12.5. The first kappa shape index (κ1) is 13.2. The smallest absolute Gasteiger partial charge is 0.356 e. The van der Waals surface area contributed by atoms with E-state index >= 15 is 0 Å². The second-order valence-corrected chi connectivity index (χ2v) is 4.34. The quantitative estimate of drug-likeness (QED) is 0.927. The van der Waals surface area contributed by atoms with Gasteiger partial charge in [0.2, 0.25) is 6.79 Å². The lowest BCUT2D eigenvalue weighted by Gasteiger charge is -2.12. The summed E-state index contributed by atoms with van der Waals surface area (Å²) >= 11 is 0. The van der Waals surface area contributed by atoms with E-state index in [9.17, 15) is 9.18 Å². The number of methoxy groups -OCH3 is 1. The minimum absolute atomic E-state index is 0.0431. The maximum atomic E-state index is 14.1. The van der Waals surface area contributed by atoms with Gasteiger partial charge in [0, 0.05) is 13.1 Å². The Kier molecular flexibility index (Phi) is 2.93. The van der Waals surface area contributed by atoms with Crippen LogP contribution in [0.3, 0.4) is 0 Å². The van der Waals surface area contributed by atoms with E-state index in [-0.39, 0.29) is 29.5 Å². The monoisotopic (exact) mass is 294 g/mol. The van der Waals surface area contributed by atoms with Gasteiger partial charge in [0.05, 0.1) is 18.4 Å². The van der Waals surface area contributed by atoms with Crippen molar-refractivity contribution < 1.29 is 28.5 Å². The summed E-state index contributed by atoms with van der Waals surface area (Å²) < 4.78 is 31.0. The maximum Gasteiger partial charge on any atom is 0.356 e. The van der Waals surface area contributed by atoms with Crippen molar-refractivity contribution in [3.05, 3.63) is 23.6 Å².